The van der Waals surface area contributed by atoms with Crippen LogP contribution in [0.4, 0.5) is 18.9 Å². The number of halogens is 4. The average Bonchev–Trinajstić information content (AvgIpc) is 2.29. The SMILES string of the molecule is CC1(C)CC(Nc2cc(C(F)(F)F)ccc2Cl)CCO1. The molecule has 1 atom stereocenters. The number of anilines is 1. The smallest absolute Gasteiger partial charge is 0.381 e. The third-order valence-corrected chi connectivity index (χ3v) is 3.68. The van der Waals surface area contributed by atoms with Crippen LogP contribution in [0.3, 0.4) is 0 Å². The zero-order valence-corrected chi connectivity index (χ0v) is 12.1. The van der Waals surface area contributed by atoms with Crippen molar-refractivity contribution in [2.75, 3.05) is 11.9 Å². The topological polar surface area (TPSA) is 21.3 Å². The van der Waals surface area contributed by atoms with Crippen LogP contribution in [-0.2, 0) is 10.9 Å². The Morgan fingerprint density at radius 1 is 1.35 bits per heavy atom. The first-order valence-electron chi connectivity index (χ1n) is 6.45. The Bertz CT molecular complexity index is 488. The predicted molar refractivity (Wildman–Crippen MR) is 73.1 cm³/mol. The highest BCUT2D eigenvalue weighted by molar-refractivity contribution is 6.33. The van der Waals surface area contributed by atoms with Gasteiger partial charge in [-0.3, -0.25) is 0 Å². The highest BCUT2D eigenvalue weighted by Crippen LogP contribution is 2.35. The summed E-state index contributed by atoms with van der Waals surface area (Å²) in [6.45, 7) is 4.52. The van der Waals surface area contributed by atoms with Crippen LogP contribution < -0.4 is 5.32 Å². The summed E-state index contributed by atoms with van der Waals surface area (Å²) in [5, 5.41) is 3.40. The lowest BCUT2D eigenvalue weighted by atomic mass is 9.93. The summed E-state index contributed by atoms with van der Waals surface area (Å²) >= 11 is 5.98. The first-order valence-corrected chi connectivity index (χ1v) is 6.82. The standard InChI is InChI=1S/C14H17ClF3NO/c1-13(2)8-10(5-6-20-13)19-12-7-9(14(16,17)18)3-4-11(12)15/h3-4,7,10,19H,5-6,8H2,1-2H3. The van der Waals surface area contributed by atoms with Crippen LogP contribution in [0.15, 0.2) is 18.2 Å². The fourth-order valence-corrected chi connectivity index (χ4v) is 2.56. The maximum atomic E-state index is 12.7. The Kier molecular flexibility index (Phi) is 4.21. The van der Waals surface area contributed by atoms with Gasteiger partial charge >= 0.3 is 6.18 Å². The molecule has 0 bridgehead atoms. The molecule has 0 aromatic heterocycles. The zero-order valence-electron chi connectivity index (χ0n) is 11.4. The van der Waals surface area contributed by atoms with Gasteiger partial charge in [-0.05, 0) is 44.9 Å². The van der Waals surface area contributed by atoms with Crippen molar-refractivity contribution in [2.45, 2.75) is 44.5 Å². The molecule has 1 aromatic carbocycles. The first kappa shape index (κ1) is 15.4. The summed E-state index contributed by atoms with van der Waals surface area (Å²) < 4.78 is 43.7. The molecule has 0 aliphatic carbocycles. The summed E-state index contributed by atoms with van der Waals surface area (Å²) in [4.78, 5) is 0. The van der Waals surface area contributed by atoms with Crippen molar-refractivity contribution in [2.24, 2.45) is 0 Å². The number of nitrogens with one attached hydrogen (secondary N) is 1. The van der Waals surface area contributed by atoms with E-state index in [-0.39, 0.29) is 11.6 Å². The lowest BCUT2D eigenvalue weighted by Crippen LogP contribution is -2.40. The van der Waals surface area contributed by atoms with Gasteiger partial charge in [0.2, 0.25) is 0 Å². The van der Waals surface area contributed by atoms with Gasteiger partial charge < -0.3 is 10.1 Å². The molecule has 0 radical (unpaired) electrons. The van der Waals surface area contributed by atoms with Gasteiger partial charge in [-0.25, -0.2) is 0 Å². The normalized spacial score (nSPS) is 22.6. The Hall–Kier alpha value is -0.940. The molecule has 1 aromatic rings. The van der Waals surface area contributed by atoms with E-state index in [1.165, 1.54) is 6.07 Å². The average molecular weight is 308 g/mol. The summed E-state index contributed by atoms with van der Waals surface area (Å²) in [7, 11) is 0. The zero-order chi connectivity index (χ0) is 15.0. The maximum absolute atomic E-state index is 12.7. The van der Waals surface area contributed by atoms with Crippen LogP contribution in [0, 0.1) is 0 Å². The van der Waals surface area contributed by atoms with Crippen molar-refractivity contribution >= 4 is 17.3 Å². The second kappa shape index (κ2) is 5.45. The van der Waals surface area contributed by atoms with Crippen molar-refractivity contribution in [3.05, 3.63) is 28.8 Å². The van der Waals surface area contributed by atoms with Crippen molar-refractivity contribution < 1.29 is 17.9 Å². The van der Waals surface area contributed by atoms with Crippen LogP contribution in [-0.4, -0.2) is 18.2 Å². The molecule has 1 aliphatic rings. The van der Waals surface area contributed by atoms with Gasteiger partial charge in [0.15, 0.2) is 0 Å². The molecule has 1 unspecified atom stereocenters. The number of benzene rings is 1. The molecule has 1 fully saturated rings. The van der Waals surface area contributed by atoms with Crippen LogP contribution in [0.25, 0.3) is 0 Å². The Morgan fingerprint density at radius 3 is 2.65 bits per heavy atom. The monoisotopic (exact) mass is 307 g/mol. The lowest BCUT2D eigenvalue weighted by Gasteiger charge is -2.36. The van der Waals surface area contributed by atoms with E-state index in [0.29, 0.717) is 17.3 Å². The number of hydrogen-bond donors (Lipinski definition) is 1. The summed E-state index contributed by atoms with van der Waals surface area (Å²) in [5.41, 5.74) is -0.649. The minimum Gasteiger partial charge on any atom is -0.381 e. The highest BCUT2D eigenvalue weighted by Gasteiger charge is 2.32. The van der Waals surface area contributed by atoms with Crippen molar-refractivity contribution in [1.29, 1.82) is 0 Å². The molecular weight excluding hydrogens is 291 g/mol. The molecule has 1 heterocycles. The number of ether oxygens (including phenoxy) is 1. The molecule has 112 valence electrons. The molecule has 2 rings (SSSR count). The van der Waals surface area contributed by atoms with Crippen LogP contribution in [0.2, 0.25) is 5.02 Å². The van der Waals surface area contributed by atoms with Crippen molar-refractivity contribution in [3.63, 3.8) is 0 Å². The fraction of sp³-hybridized carbons (Fsp3) is 0.571. The van der Waals surface area contributed by atoms with Crippen LogP contribution in [0.1, 0.15) is 32.3 Å². The van der Waals surface area contributed by atoms with Crippen LogP contribution in [0.5, 0.6) is 0 Å². The van der Waals surface area contributed by atoms with E-state index >= 15 is 0 Å². The molecular formula is C14H17ClF3NO. The number of rotatable bonds is 2. The molecule has 0 saturated carbocycles. The molecule has 20 heavy (non-hydrogen) atoms. The van der Waals surface area contributed by atoms with Gasteiger partial charge in [-0.15, -0.1) is 0 Å². The molecule has 0 amide bonds. The van der Waals surface area contributed by atoms with Gasteiger partial charge in [0.25, 0.3) is 0 Å². The lowest BCUT2D eigenvalue weighted by molar-refractivity contribution is -0.137. The maximum Gasteiger partial charge on any atom is 0.416 e. The molecule has 1 N–H and O–H groups in total. The highest BCUT2D eigenvalue weighted by atomic mass is 35.5. The quantitative estimate of drug-likeness (QED) is 0.853. The van der Waals surface area contributed by atoms with E-state index < -0.39 is 11.7 Å². The fourth-order valence-electron chi connectivity index (χ4n) is 2.39. The van der Waals surface area contributed by atoms with Gasteiger partial charge in [0.05, 0.1) is 21.9 Å². The van der Waals surface area contributed by atoms with E-state index in [9.17, 15) is 13.2 Å². The molecule has 1 aliphatic heterocycles. The molecule has 2 nitrogen and oxygen atoms in total. The van der Waals surface area contributed by atoms with E-state index in [1.807, 2.05) is 13.8 Å². The molecule has 1 saturated heterocycles. The Morgan fingerprint density at radius 2 is 2.05 bits per heavy atom. The van der Waals surface area contributed by atoms with E-state index in [0.717, 1.165) is 25.0 Å². The third kappa shape index (κ3) is 3.79. The Labute approximate surface area is 121 Å². The number of hydrogen-bond acceptors (Lipinski definition) is 2. The van der Waals surface area contributed by atoms with Gasteiger partial charge in [0.1, 0.15) is 0 Å². The van der Waals surface area contributed by atoms with E-state index in [1.54, 1.807) is 0 Å². The summed E-state index contributed by atoms with van der Waals surface area (Å²) in [5.74, 6) is 0. The van der Waals surface area contributed by atoms with Crippen LogP contribution >= 0.6 is 11.6 Å². The van der Waals surface area contributed by atoms with Crippen molar-refractivity contribution in [3.8, 4) is 0 Å². The van der Waals surface area contributed by atoms with Gasteiger partial charge in [0, 0.05) is 12.6 Å². The largest absolute Gasteiger partial charge is 0.416 e. The second-order valence-corrected chi connectivity index (χ2v) is 6.04. The van der Waals surface area contributed by atoms with E-state index in [4.69, 9.17) is 16.3 Å². The van der Waals surface area contributed by atoms with Gasteiger partial charge in [-0.1, -0.05) is 11.6 Å². The minimum absolute atomic E-state index is 0.0553. The van der Waals surface area contributed by atoms with Crippen molar-refractivity contribution in [1.82, 2.24) is 0 Å². The molecule has 6 heteroatoms. The predicted octanol–water partition coefficient (Wildman–Crippen LogP) is 4.73. The van der Waals surface area contributed by atoms with Gasteiger partial charge in [-0.2, -0.15) is 13.2 Å². The summed E-state index contributed by atoms with van der Waals surface area (Å²) in [6, 6.07) is 3.38. The number of alkyl halides is 3. The Balaban J connectivity index is 2.16. The molecule has 0 spiro atoms. The third-order valence-electron chi connectivity index (χ3n) is 3.35. The minimum atomic E-state index is -4.37. The summed E-state index contributed by atoms with van der Waals surface area (Å²) in [6.07, 6.45) is -2.90. The first-order chi connectivity index (χ1) is 9.17. The second-order valence-electron chi connectivity index (χ2n) is 5.63. The van der Waals surface area contributed by atoms with E-state index in [2.05, 4.69) is 5.32 Å².